The first-order valence-electron chi connectivity index (χ1n) is 3.59. The number of rotatable bonds is 2. The molecule has 0 aliphatic heterocycles. The number of nitriles is 1. The lowest BCUT2D eigenvalue weighted by atomic mass is 10.2. The van der Waals surface area contributed by atoms with Gasteiger partial charge >= 0.3 is 5.97 Å². The lowest BCUT2D eigenvalue weighted by Gasteiger charge is -2.04. The Morgan fingerprint density at radius 3 is 2.67 bits per heavy atom. The Kier molecular flexibility index (Phi) is 3.52. The fourth-order valence-corrected chi connectivity index (χ4v) is 1.60. The zero-order valence-corrected chi connectivity index (χ0v) is 9.20. The summed E-state index contributed by atoms with van der Waals surface area (Å²) in [5, 5.41) is 17.3. The molecule has 78 valence electrons. The SMILES string of the molecule is N#Cc1c(I)cc(C(F)F)nc1C(=O)O. The highest BCUT2D eigenvalue weighted by Gasteiger charge is 2.20. The summed E-state index contributed by atoms with van der Waals surface area (Å²) in [7, 11) is 0. The minimum atomic E-state index is -2.86. The van der Waals surface area contributed by atoms with E-state index >= 15 is 0 Å². The van der Waals surface area contributed by atoms with Crippen LogP contribution in [0.25, 0.3) is 0 Å². The molecule has 0 amide bonds. The molecule has 1 aromatic rings. The number of hydrogen-bond acceptors (Lipinski definition) is 3. The molecule has 1 N–H and O–H groups in total. The van der Waals surface area contributed by atoms with E-state index in [2.05, 4.69) is 4.98 Å². The van der Waals surface area contributed by atoms with Gasteiger partial charge in [0.25, 0.3) is 6.43 Å². The van der Waals surface area contributed by atoms with Crippen LogP contribution in [-0.4, -0.2) is 16.1 Å². The van der Waals surface area contributed by atoms with Crippen LogP contribution in [0.4, 0.5) is 8.78 Å². The van der Waals surface area contributed by atoms with Crippen LogP contribution in [0.3, 0.4) is 0 Å². The molecule has 1 aromatic heterocycles. The van der Waals surface area contributed by atoms with Gasteiger partial charge in [-0.05, 0) is 28.7 Å². The molecule has 0 saturated carbocycles. The van der Waals surface area contributed by atoms with Crippen LogP contribution in [0.2, 0.25) is 0 Å². The molecule has 0 bridgehead atoms. The van der Waals surface area contributed by atoms with Crippen molar-refractivity contribution in [1.29, 1.82) is 5.26 Å². The van der Waals surface area contributed by atoms with Gasteiger partial charge in [-0.1, -0.05) is 0 Å². The van der Waals surface area contributed by atoms with E-state index in [1.54, 1.807) is 28.7 Å². The van der Waals surface area contributed by atoms with Crippen molar-refractivity contribution in [2.24, 2.45) is 0 Å². The average Bonchev–Trinajstić information content (AvgIpc) is 2.16. The quantitative estimate of drug-likeness (QED) is 0.847. The maximum Gasteiger partial charge on any atom is 0.355 e. The molecule has 0 aliphatic rings. The molecular formula is C8H3F2IN2O2. The van der Waals surface area contributed by atoms with Crippen molar-refractivity contribution in [1.82, 2.24) is 4.98 Å². The molecule has 1 heterocycles. The lowest BCUT2D eigenvalue weighted by Crippen LogP contribution is -2.08. The number of hydrogen-bond donors (Lipinski definition) is 1. The summed E-state index contributed by atoms with van der Waals surface area (Å²) in [6.45, 7) is 0. The highest BCUT2D eigenvalue weighted by Crippen LogP contribution is 2.22. The molecule has 1 rings (SSSR count). The van der Waals surface area contributed by atoms with Gasteiger partial charge in [-0.25, -0.2) is 18.6 Å². The zero-order chi connectivity index (χ0) is 11.6. The molecule has 7 heteroatoms. The van der Waals surface area contributed by atoms with Gasteiger partial charge in [-0.15, -0.1) is 0 Å². The molecule has 0 saturated heterocycles. The number of halogens is 3. The second-order valence-corrected chi connectivity index (χ2v) is 3.63. The third-order valence-electron chi connectivity index (χ3n) is 1.53. The molecule has 0 fully saturated rings. The first kappa shape index (κ1) is 11.8. The molecule has 0 radical (unpaired) electrons. The minimum absolute atomic E-state index is 0.151. The van der Waals surface area contributed by atoms with Gasteiger partial charge in [0.15, 0.2) is 5.69 Å². The van der Waals surface area contributed by atoms with Crippen LogP contribution < -0.4 is 0 Å². The number of carboxylic acid groups (broad SMARTS) is 1. The molecule has 15 heavy (non-hydrogen) atoms. The van der Waals surface area contributed by atoms with Gasteiger partial charge in [0.1, 0.15) is 11.8 Å². The summed E-state index contributed by atoms with van der Waals surface area (Å²) < 4.78 is 24.7. The van der Waals surface area contributed by atoms with Crippen LogP contribution in [0, 0.1) is 14.9 Å². The summed E-state index contributed by atoms with van der Waals surface area (Å²) in [6.07, 6.45) is -2.86. The van der Waals surface area contributed by atoms with E-state index < -0.39 is 23.8 Å². The lowest BCUT2D eigenvalue weighted by molar-refractivity contribution is 0.0688. The highest BCUT2D eigenvalue weighted by molar-refractivity contribution is 14.1. The molecule has 4 nitrogen and oxygen atoms in total. The monoisotopic (exact) mass is 324 g/mol. The fraction of sp³-hybridized carbons (Fsp3) is 0.125. The van der Waals surface area contributed by atoms with Crippen molar-refractivity contribution < 1.29 is 18.7 Å². The Morgan fingerprint density at radius 1 is 1.67 bits per heavy atom. The van der Waals surface area contributed by atoms with Crippen molar-refractivity contribution >= 4 is 28.6 Å². The number of carbonyl (C=O) groups is 1. The van der Waals surface area contributed by atoms with E-state index in [1.165, 1.54) is 0 Å². The number of aromatic nitrogens is 1. The van der Waals surface area contributed by atoms with Crippen molar-refractivity contribution in [3.63, 3.8) is 0 Å². The van der Waals surface area contributed by atoms with Crippen LogP contribution in [0.15, 0.2) is 6.07 Å². The maximum absolute atomic E-state index is 12.3. The topological polar surface area (TPSA) is 74.0 Å². The van der Waals surface area contributed by atoms with Crippen LogP contribution in [0.1, 0.15) is 28.2 Å². The molecule has 0 aromatic carbocycles. The van der Waals surface area contributed by atoms with Crippen molar-refractivity contribution in [3.8, 4) is 6.07 Å². The average molecular weight is 324 g/mol. The summed E-state index contributed by atoms with van der Waals surface area (Å²) in [5.74, 6) is -1.49. The van der Waals surface area contributed by atoms with E-state index in [4.69, 9.17) is 10.4 Å². The van der Waals surface area contributed by atoms with E-state index in [1.807, 2.05) is 0 Å². The number of aromatic carboxylic acids is 1. The smallest absolute Gasteiger partial charge is 0.355 e. The number of nitrogens with zero attached hydrogens (tertiary/aromatic N) is 2. The normalized spacial score (nSPS) is 10.1. The van der Waals surface area contributed by atoms with Gasteiger partial charge in [-0.2, -0.15) is 5.26 Å². The van der Waals surface area contributed by atoms with E-state index in [0.29, 0.717) is 0 Å². The number of carboxylic acids is 1. The molecule has 0 spiro atoms. The molecule has 0 unspecified atom stereocenters. The Labute approximate surface area is 96.7 Å². The van der Waals surface area contributed by atoms with Crippen LogP contribution >= 0.6 is 22.6 Å². The standard InChI is InChI=1S/C8H3F2IN2O2/c9-7(10)5-1-4(11)3(2-12)6(13-5)8(14)15/h1,7H,(H,14,15). The Balaban J connectivity index is 3.47. The first-order chi connectivity index (χ1) is 6.97. The fourth-order valence-electron chi connectivity index (χ4n) is 0.905. The van der Waals surface area contributed by atoms with Gasteiger partial charge < -0.3 is 5.11 Å². The highest BCUT2D eigenvalue weighted by atomic mass is 127. The van der Waals surface area contributed by atoms with E-state index in [9.17, 15) is 13.6 Å². The number of alkyl halides is 2. The van der Waals surface area contributed by atoms with Gasteiger partial charge in [0.2, 0.25) is 0 Å². The Morgan fingerprint density at radius 2 is 2.27 bits per heavy atom. The van der Waals surface area contributed by atoms with Crippen LogP contribution in [-0.2, 0) is 0 Å². The molecule has 0 atom stereocenters. The van der Waals surface area contributed by atoms with E-state index in [-0.39, 0.29) is 9.13 Å². The largest absolute Gasteiger partial charge is 0.476 e. The van der Waals surface area contributed by atoms with Crippen molar-refractivity contribution in [3.05, 3.63) is 26.6 Å². The summed E-state index contributed by atoms with van der Waals surface area (Å²) >= 11 is 1.62. The van der Waals surface area contributed by atoms with Gasteiger partial charge in [-0.3, -0.25) is 0 Å². The van der Waals surface area contributed by atoms with Gasteiger partial charge in [0, 0.05) is 3.57 Å². The third kappa shape index (κ3) is 2.38. The summed E-state index contributed by atoms with van der Waals surface area (Å²) in [6, 6.07) is 2.61. The second-order valence-electron chi connectivity index (χ2n) is 2.47. The molecule has 0 aliphatic carbocycles. The predicted molar refractivity (Wildman–Crippen MR) is 53.6 cm³/mol. The maximum atomic E-state index is 12.3. The molecular weight excluding hydrogens is 321 g/mol. The summed E-state index contributed by atoms with van der Waals surface area (Å²) in [4.78, 5) is 13.9. The van der Waals surface area contributed by atoms with E-state index in [0.717, 1.165) is 6.07 Å². The number of pyridine rings is 1. The van der Waals surface area contributed by atoms with Crippen molar-refractivity contribution in [2.45, 2.75) is 6.43 Å². The van der Waals surface area contributed by atoms with Crippen molar-refractivity contribution in [2.75, 3.05) is 0 Å². The van der Waals surface area contributed by atoms with Gasteiger partial charge in [0.05, 0.1) is 5.56 Å². The Hall–Kier alpha value is -1.30. The minimum Gasteiger partial charge on any atom is -0.476 e. The zero-order valence-electron chi connectivity index (χ0n) is 7.04. The summed E-state index contributed by atoms with van der Waals surface area (Å²) in [5.41, 5.74) is -1.48. The van der Waals surface area contributed by atoms with Crippen LogP contribution in [0.5, 0.6) is 0 Å². The Bertz CT molecular complexity index is 457. The first-order valence-corrected chi connectivity index (χ1v) is 4.67. The predicted octanol–water partition coefficient (Wildman–Crippen LogP) is 2.19. The second kappa shape index (κ2) is 4.48. The third-order valence-corrected chi connectivity index (χ3v) is 2.38.